The van der Waals surface area contributed by atoms with E-state index in [9.17, 15) is 0 Å². The van der Waals surface area contributed by atoms with E-state index in [-0.39, 0.29) is 0 Å². The second-order valence-corrected chi connectivity index (χ2v) is 3.80. The lowest BCUT2D eigenvalue weighted by Gasteiger charge is -2.07. The highest BCUT2D eigenvalue weighted by Crippen LogP contribution is 2.47. The Morgan fingerprint density at radius 3 is 2.64 bits per heavy atom. The molecule has 2 saturated heterocycles. The minimum absolute atomic E-state index is 0.486. The van der Waals surface area contributed by atoms with Crippen LogP contribution in [-0.4, -0.2) is 30.2 Å². The van der Waals surface area contributed by atoms with Gasteiger partial charge in [-0.15, -0.1) is 0 Å². The van der Waals surface area contributed by atoms with Crippen LogP contribution in [0.15, 0.2) is 24.3 Å². The Balaban J connectivity index is 1.90. The van der Waals surface area contributed by atoms with Crippen molar-refractivity contribution in [1.29, 1.82) is 0 Å². The number of ether oxygens (including phenoxy) is 1. The molecule has 3 nitrogen and oxygen atoms in total. The lowest BCUT2D eigenvalue weighted by molar-refractivity contribution is 0.405. The molecule has 1 aromatic rings. The van der Waals surface area contributed by atoms with E-state index < -0.39 is 0 Å². The molecule has 0 amide bonds. The number of methoxy groups -OCH3 is 1. The Labute approximate surface area is 83.8 Å². The molecule has 2 heterocycles. The van der Waals surface area contributed by atoms with Crippen molar-refractivity contribution in [2.45, 2.75) is 12.6 Å². The minimum Gasteiger partial charge on any atom is -0.496 e. The zero-order chi connectivity index (χ0) is 9.54. The summed E-state index contributed by atoms with van der Waals surface area (Å²) in [6, 6.07) is 8.28. The molecule has 0 N–H and O–H groups in total. The molecule has 0 bridgehead atoms. The second-order valence-electron chi connectivity index (χ2n) is 3.80. The molecular weight excluding hydrogens is 176 g/mol. The van der Waals surface area contributed by atoms with Gasteiger partial charge in [-0.2, -0.15) is 0 Å². The van der Waals surface area contributed by atoms with Gasteiger partial charge in [0.15, 0.2) is 0 Å². The summed E-state index contributed by atoms with van der Waals surface area (Å²) < 4.78 is 5.36. The third-order valence-corrected chi connectivity index (χ3v) is 3.03. The molecule has 2 aliphatic heterocycles. The highest BCUT2D eigenvalue weighted by molar-refractivity contribution is 5.37. The number of hydrogen-bond donors (Lipinski definition) is 0. The number of hydrazine groups is 1. The van der Waals surface area contributed by atoms with Crippen molar-refractivity contribution in [3.05, 3.63) is 29.8 Å². The molecular formula is C11H14N2O. The number of nitrogens with zero attached hydrogens (tertiary/aromatic N) is 2. The molecule has 0 aromatic heterocycles. The summed E-state index contributed by atoms with van der Waals surface area (Å²) in [4.78, 5) is 0. The van der Waals surface area contributed by atoms with Gasteiger partial charge in [0.25, 0.3) is 0 Å². The van der Waals surface area contributed by atoms with Crippen LogP contribution >= 0.6 is 0 Å². The van der Waals surface area contributed by atoms with Crippen LogP contribution in [-0.2, 0) is 0 Å². The number of rotatable bonds is 2. The van der Waals surface area contributed by atoms with Crippen LogP contribution in [0.4, 0.5) is 0 Å². The van der Waals surface area contributed by atoms with Crippen molar-refractivity contribution in [3.8, 4) is 5.75 Å². The second kappa shape index (κ2) is 2.97. The topological polar surface area (TPSA) is 15.2 Å². The third kappa shape index (κ3) is 1.06. The van der Waals surface area contributed by atoms with Crippen LogP contribution in [0, 0.1) is 0 Å². The molecule has 0 saturated carbocycles. The third-order valence-electron chi connectivity index (χ3n) is 3.03. The van der Waals surface area contributed by atoms with Gasteiger partial charge in [-0.25, -0.2) is 10.0 Å². The maximum atomic E-state index is 5.36. The van der Waals surface area contributed by atoms with Crippen LogP contribution in [0.2, 0.25) is 0 Å². The largest absolute Gasteiger partial charge is 0.496 e. The van der Waals surface area contributed by atoms with Gasteiger partial charge in [-0.05, 0) is 12.5 Å². The first kappa shape index (κ1) is 8.26. The van der Waals surface area contributed by atoms with Crippen LogP contribution in [0.1, 0.15) is 18.2 Å². The van der Waals surface area contributed by atoms with Gasteiger partial charge in [-0.1, -0.05) is 18.2 Å². The van der Waals surface area contributed by atoms with E-state index in [4.69, 9.17) is 4.74 Å². The van der Waals surface area contributed by atoms with Crippen molar-refractivity contribution in [1.82, 2.24) is 10.0 Å². The standard InChI is InChI=1S/C11H14N2O/c1-14-10-6-3-2-5-9(10)11-12-7-4-8-13(11)12/h2-3,5-6,11H,4,7-8H2,1H3. The summed E-state index contributed by atoms with van der Waals surface area (Å²) in [5.74, 6) is 1.01. The first-order valence-electron chi connectivity index (χ1n) is 5.08. The Hall–Kier alpha value is -1.06. The fraction of sp³-hybridized carbons (Fsp3) is 0.455. The quantitative estimate of drug-likeness (QED) is 0.659. The van der Waals surface area contributed by atoms with Crippen molar-refractivity contribution < 1.29 is 4.74 Å². The molecule has 1 aromatic carbocycles. The molecule has 3 heteroatoms. The van der Waals surface area contributed by atoms with Crippen molar-refractivity contribution in [2.75, 3.05) is 20.2 Å². The Morgan fingerprint density at radius 1 is 1.21 bits per heavy atom. The van der Waals surface area contributed by atoms with Gasteiger partial charge in [0.05, 0.1) is 7.11 Å². The fourth-order valence-electron chi connectivity index (χ4n) is 2.34. The van der Waals surface area contributed by atoms with Gasteiger partial charge < -0.3 is 4.74 Å². The predicted molar refractivity (Wildman–Crippen MR) is 53.8 cm³/mol. The van der Waals surface area contributed by atoms with Crippen molar-refractivity contribution in [3.63, 3.8) is 0 Å². The Kier molecular flexibility index (Phi) is 1.75. The smallest absolute Gasteiger partial charge is 0.125 e. The molecule has 14 heavy (non-hydrogen) atoms. The summed E-state index contributed by atoms with van der Waals surface area (Å²) in [5, 5.41) is 4.80. The maximum absolute atomic E-state index is 5.36. The zero-order valence-electron chi connectivity index (χ0n) is 8.31. The van der Waals surface area contributed by atoms with Gasteiger partial charge in [0, 0.05) is 18.7 Å². The summed E-state index contributed by atoms with van der Waals surface area (Å²) in [6.07, 6.45) is 1.78. The molecule has 0 aliphatic carbocycles. The average molecular weight is 190 g/mol. The van der Waals surface area contributed by atoms with E-state index in [1.165, 1.54) is 25.1 Å². The van der Waals surface area contributed by atoms with E-state index in [1.54, 1.807) is 7.11 Å². The molecule has 0 radical (unpaired) electrons. The van der Waals surface area contributed by atoms with Crippen molar-refractivity contribution in [2.24, 2.45) is 0 Å². The summed E-state index contributed by atoms with van der Waals surface area (Å²) in [5.41, 5.74) is 1.30. The Bertz CT molecular complexity index is 343. The minimum atomic E-state index is 0.486. The van der Waals surface area contributed by atoms with Crippen LogP contribution < -0.4 is 4.74 Å². The van der Waals surface area contributed by atoms with Crippen LogP contribution in [0.25, 0.3) is 0 Å². The normalized spacial score (nSPS) is 33.9. The highest BCUT2D eigenvalue weighted by Gasteiger charge is 2.49. The summed E-state index contributed by atoms with van der Waals surface area (Å²) in [7, 11) is 1.74. The number of benzene rings is 1. The molecule has 2 unspecified atom stereocenters. The van der Waals surface area contributed by atoms with E-state index in [0.717, 1.165) is 5.75 Å². The van der Waals surface area contributed by atoms with E-state index >= 15 is 0 Å². The first-order valence-corrected chi connectivity index (χ1v) is 5.08. The SMILES string of the molecule is COc1ccccc1C1N2CCCN12. The number of para-hydroxylation sites is 1. The van der Waals surface area contributed by atoms with E-state index in [2.05, 4.69) is 22.2 Å². The molecule has 74 valence electrons. The maximum Gasteiger partial charge on any atom is 0.125 e. The lowest BCUT2D eigenvalue weighted by atomic mass is 10.1. The first-order chi connectivity index (χ1) is 6.92. The monoisotopic (exact) mass is 190 g/mol. The van der Waals surface area contributed by atoms with Gasteiger partial charge >= 0.3 is 0 Å². The predicted octanol–water partition coefficient (Wildman–Crippen LogP) is 1.63. The van der Waals surface area contributed by atoms with Crippen molar-refractivity contribution >= 4 is 0 Å². The lowest BCUT2D eigenvalue weighted by Crippen LogP contribution is -2.01. The zero-order valence-corrected chi connectivity index (χ0v) is 8.31. The fourth-order valence-corrected chi connectivity index (χ4v) is 2.34. The van der Waals surface area contributed by atoms with Gasteiger partial charge in [-0.3, -0.25) is 0 Å². The van der Waals surface area contributed by atoms with Crippen LogP contribution in [0.3, 0.4) is 0 Å². The summed E-state index contributed by atoms with van der Waals surface area (Å²) >= 11 is 0. The van der Waals surface area contributed by atoms with Gasteiger partial charge in [0.1, 0.15) is 11.9 Å². The van der Waals surface area contributed by atoms with E-state index in [1.807, 2.05) is 12.1 Å². The van der Waals surface area contributed by atoms with Crippen LogP contribution in [0.5, 0.6) is 5.75 Å². The molecule has 2 fully saturated rings. The van der Waals surface area contributed by atoms with Gasteiger partial charge in [0.2, 0.25) is 0 Å². The molecule has 2 aliphatic rings. The average Bonchev–Trinajstić information content (AvgIpc) is 2.70. The Morgan fingerprint density at radius 2 is 1.93 bits per heavy atom. The molecule has 2 atom stereocenters. The highest BCUT2D eigenvalue weighted by atomic mass is 16.5. The molecule has 0 spiro atoms. The molecule has 3 rings (SSSR count). The number of fused-ring (bicyclic) bond motifs is 1. The van der Waals surface area contributed by atoms with E-state index in [0.29, 0.717) is 6.17 Å². The number of hydrogen-bond acceptors (Lipinski definition) is 3. The summed E-state index contributed by atoms with van der Waals surface area (Å²) in [6.45, 7) is 2.39.